The van der Waals surface area contributed by atoms with E-state index in [4.69, 9.17) is 5.11 Å². The number of carboxylic acids is 1. The monoisotopic (exact) mass is 295 g/mol. The van der Waals surface area contributed by atoms with E-state index >= 15 is 0 Å². The minimum Gasteiger partial charge on any atom is -0.480 e. The third-order valence-corrected chi connectivity index (χ3v) is 4.38. The summed E-state index contributed by atoms with van der Waals surface area (Å²) in [5, 5.41) is 11.8. The second kappa shape index (κ2) is 5.58. The van der Waals surface area contributed by atoms with Gasteiger partial charge in [-0.2, -0.15) is 0 Å². The number of fused-ring (bicyclic) bond motifs is 1. The summed E-state index contributed by atoms with van der Waals surface area (Å²) < 4.78 is 14.4. The lowest BCUT2D eigenvalue weighted by molar-refractivity contribution is -0.139. The van der Waals surface area contributed by atoms with Crippen molar-refractivity contribution in [3.05, 3.63) is 34.5 Å². The molecule has 4 nitrogen and oxygen atoms in total. The van der Waals surface area contributed by atoms with Gasteiger partial charge in [0.1, 0.15) is 11.9 Å². The van der Waals surface area contributed by atoms with Gasteiger partial charge in [0.15, 0.2) is 0 Å². The summed E-state index contributed by atoms with van der Waals surface area (Å²) in [6, 6.07) is 3.73. The van der Waals surface area contributed by atoms with Gasteiger partial charge in [0, 0.05) is 10.1 Å². The molecule has 0 aliphatic heterocycles. The predicted molar refractivity (Wildman–Crippen MR) is 75.7 cm³/mol. The smallest absolute Gasteiger partial charge is 0.326 e. The first-order chi connectivity index (χ1) is 9.45. The van der Waals surface area contributed by atoms with Crippen molar-refractivity contribution < 1.29 is 19.1 Å². The van der Waals surface area contributed by atoms with Gasteiger partial charge in [0.05, 0.1) is 4.88 Å². The summed E-state index contributed by atoms with van der Waals surface area (Å²) in [4.78, 5) is 23.4. The number of amides is 1. The number of aryl methyl sites for hydroxylation is 1. The quantitative estimate of drug-likeness (QED) is 0.911. The van der Waals surface area contributed by atoms with E-state index in [-0.39, 0.29) is 5.82 Å². The summed E-state index contributed by atoms with van der Waals surface area (Å²) in [5.74, 6) is -1.93. The number of aliphatic carboxylic acids is 1. The Hall–Kier alpha value is -1.95. The van der Waals surface area contributed by atoms with Gasteiger partial charge >= 0.3 is 5.97 Å². The summed E-state index contributed by atoms with van der Waals surface area (Å²) in [6.45, 7) is 3.34. The van der Waals surface area contributed by atoms with Gasteiger partial charge in [0.25, 0.3) is 5.91 Å². The van der Waals surface area contributed by atoms with Crippen molar-refractivity contribution in [3.8, 4) is 0 Å². The zero-order valence-corrected chi connectivity index (χ0v) is 11.9. The maximum Gasteiger partial charge on any atom is 0.326 e. The van der Waals surface area contributed by atoms with Gasteiger partial charge in [-0.05, 0) is 31.0 Å². The van der Waals surface area contributed by atoms with Crippen LogP contribution in [0.5, 0.6) is 0 Å². The van der Waals surface area contributed by atoms with E-state index < -0.39 is 17.9 Å². The van der Waals surface area contributed by atoms with Crippen molar-refractivity contribution in [1.82, 2.24) is 5.32 Å². The van der Waals surface area contributed by atoms with Gasteiger partial charge < -0.3 is 10.4 Å². The Balaban J connectivity index is 2.38. The zero-order chi connectivity index (χ0) is 14.9. The van der Waals surface area contributed by atoms with E-state index in [1.165, 1.54) is 17.4 Å². The molecule has 1 amide bonds. The Bertz CT molecular complexity index is 680. The predicted octanol–water partition coefficient (Wildman–Crippen LogP) is 2.94. The van der Waals surface area contributed by atoms with Crippen LogP contribution < -0.4 is 5.32 Å². The number of carboxylic acid groups (broad SMARTS) is 1. The Morgan fingerprint density at radius 1 is 1.45 bits per heavy atom. The Labute approximate surface area is 119 Å². The van der Waals surface area contributed by atoms with Crippen LogP contribution in [0.25, 0.3) is 10.1 Å². The van der Waals surface area contributed by atoms with Crippen molar-refractivity contribution in [2.24, 2.45) is 0 Å². The average molecular weight is 295 g/mol. The van der Waals surface area contributed by atoms with Crippen LogP contribution in [-0.2, 0) is 4.79 Å². The Morgan fingerprint density at radius 3 is 2.70 bits per heavy atom. The fraction of sp³-hybridized carbons (Fsp3) is 0.286. The van der Waals surface area contributed by atoms with E-state index in [0.29, 0.717) is 26.9 Å². The third kappa shape index (κ3) is 2.51. The van der Waals surface area contributed by atoms with Crippen LogP contribution in [0.2, 0.25) is 0 Å². The third-order valence-electron chi connectivity index (χ3n) is 3.12. The van der Waals surface area contributed by atoms with E-state index in [1.807, 2.05) is 0 Å². The number of nitrogens with one attached hydrogen (secondary N) is 1. The molecular formula is C14H14FNO3S. The van der Waals surface area contributed by atoms with Crippen molar-refractivity contribution in [2.75, 3.05) is 0 Å². The van der Waals surface area contributed by atoms with Crippen LogP contribution in [0.3, 0.4) is 0 Å². The number of benzene rings is 1. The summed E-state index contributed by atoms with van der Waals surface area (Å²) in [7, 11) is 0. The number of halogens is 1. The molecule has 106 valence electrons. The number of hydrogen-bond donors (Lipinski definition) is 2. The summed E-state index contributed by atoms with van der Waals surface area (Å²) in [5.41, 5.74) is 0.542. The molecule has 1 aromatic heterocycles. The maximum absolute atomic E-state index is 13.8. The minimum atomic E-state index is -1.08. The van der Waals surface area contributed by atoms with E-state index in [0.717, 1.165) is 0 Å². The highest BCUT2D eigenvalue weighted by molar-refractivity contribution is 7.21. The molecule has 0 aliphatic carbocycles. The van der Waals surface area contributed by atoms with E-state index in [2.05, 4.69) is 5.32 Å². The molecule has 0 aliphatic rings. The Kier molecular flexibility index (Phi) is 4.04. The zero-order valence-electron chi connectivity index (χ0n) is 11.1. The van der Waals surface area contributed by atoms with Gasteiger partial charge in [-0.3, -0.25) is 4.79 Å². The van der Waals surface area contributed by atoms with Crippen LogP contribution >= 0.6 is 11.3 Å². The molecular weight excluding hydrogens is 281 g/mol. The highest BCUT2D eigenvalue weighted by Gasteiger charge is 2.22. The molecule has 1 aromatic carbocycles. The fourth-order valence-electron chi connectivity index (χ4n) is 2.03. The molecule has 0 fully saturated rings. The minimum absolute atomic E-state index is 0.291. The number of thiophene rings is 1. The lowest BCUT2D eigenvalue weighted by atomic mass is 10.1. The van der Waals surface area contributed by atoms with Crippen molar-refractivity contribution in [3.63, 3.8) is 0 Å². The summed E-state index contributed by atoms with van der Waals surface area (Å²) in [6.07, 6.45) is 0.291. The standard InChI is InChI=1S/C14H14FNO3S/c1-3-9(14(18)19)16-13(17)12-7(2)11-8(15)5-4-6-10(11)20-12/h4-6,9H,3H2,1-2H3,(H,16,17)(H,18,19)/t9-/m0/s1. The van der Waals surface area contributed by atoms with Crippen LogP contribution in [-0.4, -0.2) is 23.0 Å². The summed E-state index contributed by atoms with van der Waals surface area (Å²) >= 11 is 1.17. The number of carbonyl (C=O) groups is 2. The SMILES string of the molecule is CC[C@H](NC(=O)c1sc2cccc(F)c2c1C)C(=O)O. The molecule has 2 rings (SSSR count). The first-order valence-corrected chi connectivity index (χ1v) is 6.98. The van der Waals surface area contributed by atoms with Crippen LogP contribution in [0.1, 0.15) is 28.6 Å². The molecule has 0 radical (unpaired) electrons. The molecule has 0 saturated heterocycles. The lowest BCUT2D eigenvalue weighted by Gasteiger charge is -2.11. The highest BCUT2D eigenvalue weighted by atomic mass is 32.1. The van der Waals surface area contributed by atoms with Crippen LogP contribution in [0.4, 0.5) is 4.39 Å². The molecule has 2 aromatic rings. The highest BCUT2D eigenvalue weighted by Crippen LogP contribution is 2.32. The molecule has 0 spiro atoms. The lowest BCUT2D eigenvalue weighted by Crippen LogP contribution is -2.40. The van der Waals surface area contributed by atoms with Gasteiger partial charge in [-0.15, -0.1) is 11.3 Å². The molecule has 2 N–H and O–H groups in total. The number of hydrogen-bond acceptors (Lipinski definition) is 3. The maximum atomic E-state index is 13.8. The Morgan fingerprint density at radius 2 is 2.15 bits per heavy atom. The topological polar surface area (TPSA) is 66.4 Å². The van der Waals surface area contributed by atoms with Crippen molar-refractivity contribution in [1.29, 1.82) is 0 Å². The average Bonchev–Trinajstić information content (AvgIpc) is 2.74. The molecule has 1 atom stereocenters. The normalized spacial score (nSPS) is 12.3. The second-order valence-corrected chi connectivity index (χ2v) is 5.49. The number of rotatable bonds is 4. The first kappa shape index (κ1) is 14.5. The van der Waals surface area contributed by atoms with Crippen molar-refractivity contribution in [2.45, 2.75) is 26.3 Å². The largest absolute Gasteiger partial charge is 0.480 e. The van der Waals surface area contributed by atoms with Gasteiger partial charge in [-0.25, -0.2) is 9.18 Å². The van der Waals surface area contributed by atoms with Gasteiger partial charge in [-0.1, -0.05) is 13.0 Å². The molecule has 0 saturated carbocycles. The second-order valence-electron chi connectivity index (χ2n) is 4.44. The molecule has 6 heteroatoms. The first-order valence-electron chi connectivity index (χ1n) is 6.17. The van der Waals surface area contributed by atoms with E-state index in [1.54, 1.807) is 26.0 Å². The number of carbonyl (C=O) groups excluding carboxylic acids is 1. The molecule has 1 heterocycles. The van der Waals surface area contributed by atoms with Crippen molar-refractivity contribution >= 4 is 33.3 Å². The fourth-order valence-corrected chi connectivity index (χ4v) is 3.16. The van der Waals surface area contributed by atoms with Gasteiger partial charge in [0.2, 0.25) is 0 Å². The van der Waals surface area contributed by atoms with Crippen LogP contribution in [0.15, 0.2) is 18.2 Å². The molecule has 0 unspecified atom stereocenters. The van der Waals surface area contributed by atoms with E-state index in [9.17, 15) is 14.0 Å². The molecule has 20 heavy (non-hydrogen) atoms. The molecule has 0 bridgehead atoms. The van der Waals surface area contributed by atoms with Crippen LogP contribution in [0, 0.1) is 12.7 Å².